The van der Waals surface area contributed by atoms with Crippen molar-refractivity contribution in [1.29, 1.82) is 0 Å². The second-order valence-electron chi connectivity index (χ2n) is 8.43. The van der Waals surface area contributed by atoms with E-state index in [1.54, 1.807) is 13.0 Å². The molecule has 0 amide bonds. The summed E-state index contributed by atoms with van der Waals surface area (Å²) >= 11 is 5.85. The number of carbonyl (C=O) groups is 2. The lowest BCUT2D eigenvalue weighted by Gasteiger charge is -2.26. The molecule has 2 aromatic carbocycles. The van der Waals surface area contributed by atoms with Crippen LogP contribution < -0.4 is 5.43 Å². The van der Waals surface area contributed by atoms with Crippen molar-refractivity contribution >= 4 is 34.6 Å². The van der Waals surface area contributed by atoms with Crippen molar-refractivity contribution in [1.82, 2.24) is 4.57 Å². The van der Waals surface area contributed by atoms with Gasteiger partial charge in [0, 0.05) is 18.0 Å². The van der Waals surface area contributed by atoms with Crippen LogP contribution in [-0.4, -0.2) is 37.0 Å². The largest absolute Gasteiger partial charge is 0.508 e. The number of fused-ring (bicyclic) bond motifs is 1. The van der Waals surface area contributed by atoms with E-state index >= 15 is 4.39 Å². The van der Waals surface area contributed by atoms with Crippen molar-refractivity contribution in [2.75, 3.05) is 20.3 Å². The van der Waals surface area contributed by atoms with E-state index in [2.05, 4.69) is 4.74 Å². The Morgan fingerprint density at radius 1 is 1.08 bits per heavy atom. The summed E-state index contributed by atoms with van der Waals surface area (Å²) in [5.41, 5.74) is -0.564. The van der Waals surface area contributed by atoms with Crippen molar-refractivity contribution in [3.8, 4) is 0 Å². The molecule has 0 spiro atoms. The predicted molar refractivity (Wildman–Crippen MR) is 142 cm³/mol. The minimum absolute atomic E-state index is 0.0307. The van der Waals surface area contributed by atoms with E-state index in [1.807, 2.05) is 27.7 Å². The number of ether oxygens (including phenoxy) is 3. The van der Waals surface area contributed by atoms with Gasteiger partial charge in [-0.1, -0.05) is 51.4 Å². The topological polar surface area (TPSA) is 83.8 Å². The summed E-state index contributed by atoms with van der Waals surface area (Å²) in [5.74, 6) is -2.38. The van der Waals surface area contributed by atoms with Crippen LogP contribution in [0.15, 0.2) is 41.3 Å². The van der Waals surface area contributed by atoms with Crippen LogP contribution in [0.5, 0.6) is 0 Å². The molecule has 0 bridgehead atoms. The summed E-state index contributed by atoms with van der Waals surface area (Å²) in [5, 5.41) is -0.0749. The molecule has 0 fully saturated rings. The monoisotopic (exact) mass is 551 g/mol. The number of hydrogen-bond acceptors (Lipinski definition) is 6. The molecule has 0 saturated carbocycles. The Balaban J connectivity index is 0.00000247. The summed E-state index contributed by atoms with van der Waals surface area (Å²) in [7, 11) is 1.17. The highest BCUT2D eigenvalue weighted by atomic mass is 35.5. The summed E-state index contributed by atoms with van der Waals surface area (Å²) in [4.78, 5) is 37.5. The molecule has 206 valence electrons. The summed E-state index contributed by atoms with van der Waals surface area (Å²) in [6.07, 6.45) is 0.202. The standard InChI is InChI=1S/C26H26ClF2NO6.C2H6/c1-5-35-25(32)18-12-30(22(14(2)3)13-36-26(33)34-4)21-11-20(28)16(10-17(21)24(18)31)9-15-7-6-8-19(27)23(15)29;1-2/h6-8,10-12,14,22H,5,9,13H2,1-4H3;1-2H3. The van der Waals surface area contributed by atoms with E-state index in [-0.39, 0.29) is 58.2 Å². The minimum Gasteiger partial charge on any atom is -0.462 e. The molecule has 1 heterocycles. The number of hydrogen-bond donors (Lipinski definition) is 0. The second-order valence-corrected chi connectivity index (χ2v) is 8.83. The van der Waals surface area contributed by atoms with Gasteiger partial charge in [0.15, 0.2) is 0 Å². The first-order valence-electron chi connectivity index (χ1n) is 12.3. The van der Waals surface area contributed by atoms with E-state index in [0.29, 0.717) is 0 Å². The van der Waals surface area contributed by atoms with Gasteiger partial charge >= 0.3 is 12.1 Å². The Morgan fingerprint density at radius 3 is 2.37 bits per heavy atom. The van der Waals surface area contributed by atoms with Crippen LogP contribution in [0.2, 0.25) is 5.02 Å². The number of methoxy groups -OCH3 is 1. The lowest BCUT2D eigenvalue weighted by Crippen LogP contribution is -2.28. The van der Waals surface area contributed by atoms with E-state index in [9.17, 15) is 18.8 Å². The normalized spacial score (nSPS) is 11.5. The van der Waals surface area contributed by atoms with Crippen molar-refractivity contribution in [2.24, 2.45) is 5.92 Å². The molecule has 7 nitrogen and oxygen atoms in total. The number of halogens is 3. The highest BCUT2D eigenvalue weighted by Crippen LogP contribution is 2.28. The fourth-order valence-corrected chi connectivity index (χ4v) is 4.07. The lowest BCUT2D eigenvalue weighted by molar-refractivity contribution is 0.0510. The fourth-order valence-electron chi connectivity index (χ4n) is 3.88. The van der Waals surface area contributed by atoms with Crippen molar-refractivity contribution in [2.45, 2.75) is 47.1 Å². The van der Waals surface area contributed by atoms with E-state index in [4.69, 9.17) is 21.1 Å². The highest BCUT2D eigenvalue weighted by molar-refractivity contribution is 6.30. The predicted octanol–water partition coefficient (Wildman–Crippen LogP) is 6.71. The van der Waals surface area contributed by atoms with Gasteiger partial charge in [-0.15, -0.1) is 0 Å². The number of aromatic nitrogens is 1. The van der Waals surface area contributed by atoms with E-state index in [1.165, 1.54) is 36.1 Å². The number of benzene rings is 2. The van der Waals surface area contributed by atoms with E-state index in [0.717, 1.165) is 6.07 Å². The van der Waals surface area contributed by atoms with Gasteiger partial charge < -0.3 is 18.8 Å². The molecule has 0 N–H and O–H groups in total. The van der Waals surface area contributed by atoms with Gasteiger partial charge in [-0.2, -0.15) is 0 Å². The Hall–Kier alpha value is -3.46. The molecular weight excluding hydrogens is 520 g/mol. The van der Waals surface area contributed by atoms with Crippen LogP contribution in [0.4, 0.5) is 13.6 Å². The van der Waals surface area contributed by atoms with Gasteiger partial charge in [0.2, 0.25) is 5.43 Å². The number of nitrogens with zero attached hydrogens (tertiary/aromatic N) is 1. The molecule has 1 aromatic heterocycles. The average Bonchev–Trinajstić information content (AvgIpc) is 2.89. The summed E-state index contributed by atoms with van der Waals surface area (Å²) in [6.45, 7) is 9.16. The number of carbonyl (C=O) groups excluding carboxylic acids is 2. The highest BCUT2D eigenvalue weighted by Gasteiger charge is 2.25. The minimum atomic E-state index is -0.909. The van der Waals surface area contributed by atoms with Gasteiger partial charge in [-0.25, -0.2) is 18.4 Å². The van der Waals surface area contributed by atoms with Gasteiger partial charge in [-0.05, 0) is 42.2 Å². The molecule has 0 aliphatic carbocycles. The number of esters is 1. The van der Waals surface area contributed by atoms with Gasteiger partial charge in [0.25, 0.3) is 0 Å². The van der Waals surface area contributed by atoms with Crippen molar-refractivity contribution < 1.29 is 32.6 Å². The third kappa shape index (κ3) is 6.89. The zero-order chi connectivity index (χ0) is 28.6. The first-order chi connectivity index (χ1) is 18.1. The zero-order valence-electron chi connectivity index (χ0n) is 22.3. The molecule has 1 atom stereocenters. The third-order valence-corrected chi connectivity index (χ3v) is 6.07. The van der Waals surface area contributed by atoms with Crippen molar-refractivity contribution in [3.63, 3.8) is 0 Å². The van der Waals surface area contributed by atoms with Crippen LogP contribution in [0.3, 0.4) is 0 Å². The third-order valence-electron chi connectivity index (χ3n) is 5.77. The quantitative estimate of drug-likeness (QED) is 0.289. The molecule has 0 radical (unpaired) electrons. The second kappa shape index (κ2) is 13.9. The van der Waals surface area contributed by atoms with Crippen LogP contribution in [-0.2, 0) is 20.6 Å². The van der Waals surface area contributed by atoms with Crippen LogP contribution >= 0.6 is 11.6 Å². The molecule has 0 aliphatic heterocycles. The van der Waals surface area contributed by atoms with E-state index < -0.39 is 35.2 Å². The fraction of sp³-hybridized carbons (Fsp3) is 0.393. The average molecular weight is 552 g/mol. The molecule has 0 saturated heterocycles. The van der Waals surface area contributed by atoms with Gasteiger partial charge in [0.1, 0.15) is 23.8 Å². The van der Waals surface area contributed by atoms with Crippen LogP contribution in [0.25, 0.3) is 10.9 Å². The summed E-state index contributed by atoms with van der Waals surface area (Å²) in [6, 6.07) is 6.25. The SMILES string of the molecule is CC.CCOC(=O)c1cn(C(COC(=O)OC)C(C)C)c2cc(F)c(Cc3cccc(Cl)c3F)cc2c1=O. The maximum atomic E-state index is 15.3. The Labute approximate surface area is 225 Å². The van der Waals surface area contributed by atoms with Crippen LogP contribution in [0.1, 0.15) is 62.1 Å². The molecule has 3 rings (SSSR count). The maximum Gasteiger partial charge on any atom is 0.508 e. The Morgan fingerprint density at radius 2 is 1.76 bits per heavy atom. The zero-order valence-corrected chi connectivity index (χ0v) is 23.0. The molecular formula is C28H32ClF2NO6. The number of rotatable bonds is 8. The first-order valence-corrected chi connectivity index (χ1v) is 12.6. The number of pyridine rings is 1. The van der Waals surface area contributed by atoms with Gasteiger partial charge in [0.05, 0.1) is 30.3 Å². The molecule has 3 aromatic rings. The molecule has 38 heavy (non-hydrogen) atoms. The smallest absolute Gasteiger partial charge is 0.462 e. The van der Waals surface area contributed by atoms with Gasteiger partial charge in [-0.3, -0.25) is 4.79 Å². The Kier molecular flexibility index (Phi) is 11.3. The lowest BCUT2D eigenvalue weighted by atomic mass is 9.99. The molecule has 1 unspecified atom stereocenters. The Bertz CT molecular complexity index is 1360. The first kappa shape index (κ1) is 30.8. The summed E-state index contributed by atoms with van der Waals surface area (Å²) < 4.78 is 46.0. The maximum absolute atomic E-state index is 15.3. The molecule has 0 aliphatic rings. The van der Waals surface area contributed by atoms with Crippen LogP contribution in [0, 0.1) is 17.6 Å². The molecule has 10 heteroatoms. The van der Waals surface area contributed by atoms with Crippen molar-refractivity contribution in [3.05, 3.63) is 80.1 Å².